The maximum atomic E-state index is 11.9. The van der Waals surface area contributed by atoms with Gasteiger partial charge < -0.3 is 15.7 Å². The Morgan fingerprint density at radius 2 is 1.96 bits per heavy atom. The minimum atomic E-state index is -0.115. The molecule has 0 radical (unpaired) electrons. The summed E-state index contributed by atoms with van der Waals surface area (Å²) in [7, 11) is 0. The van der Waals surface area contributed by atoms with Gasteiger partial charge in [0.25, 0.3) is 0 Å². The summed E-state index contributed by atoms with van der Waals surface area (Å²) in [6.45, 7) is 5.72. The normalized spacial score (nSPS) is 26.9. The molecule has 0 aromatic heterocycles. The topological polar surface area (TPSA) is 64.6 Å². The van der Waals surface area contributed by atoms with Gasteiger partial charge in [-0.15, -0.1) is 0 Å². The lowest BCUT2D eigenvalue weighted by Gasteiger charge is -2.55. The predicted molar refractivity (Wildman–Crippen MR) is 94.9 cm³/mol. The first kappa shape index (κ1) is 17.2. The van der Waals surface area contributed by atoms with E-state index in [1.807, 2.05) is 32.0 Å². The average molecular weight is 331 g/mol. The highest BCUT2D eigenvalue weighted by molar-refractivity contribution is 5.74. The van der Waals surface area contributed by atoms with Crippen molar-refractivity contribution in [3.05, 3.63) is 35.9 Å². The van der Waals surface area contributed by atoms with Gasteiger partial charge in [-0.25, -0.2) is 4.79 Å². The molecular weight excluding hydrogens is 302 g/mol. The number of carbonyl (C=O) groups excluding carboxylic acids is 1. The number of amides is 2. The molecule has 3 rings (SSSR count). The van der Waals surface area contributed by atoms with E-state index < -0.39 is 0 Å². The van der Waals surface area contributed by atoms with Crippen molar-refractivity contribution >= 4 is 6.03 Å². The summed E-state index contributed by atoms with van der Waals surface area (Å²) < 4.78 is 0. The van der Waals surface area contributed by atoms with Crippen LogP contribution in [0, 0.1) is 5.92 Å². The molecule has 1 heterocycles. The Labute approximate surface area is 144 Å². The van der Waals surface area contributed by atoms with E-state index in [1.54, 1.807) is 0 Å². The third-order valence-corrected chi connectivity index (χ3v) is 5.11. The Balaban J connectivity index is 1.68. The smallest absolute Gasteiger partial charge is 0.315 e. The summed E-state index contributed by atoms with van der Waals surface area (Å²) >= 11 is 0. The number of nitrogens with one attached hydrogen (secondary N) is 2. The Morgan fingerprint density at radius 1 is 1.25 bits per heavy atom. The average Bonchev–Trinajstić information content (AvgIpc) is 3.35. The minimum Gasteiger partial charge on any atom is -0.395 e. The van der Waals surface area contributed by atoms with Crippen molar-refractivity contribution in [3.8, 4) is 0 Å². The Morgan fingerprint density at radius 3 is 2.54 bits per heavy atom. The van der Waals surface area contributed by atoms with Crippen LogP contribution in [-0.4, -0.2) is 53.9 Å². The fourth-order valence-electron chi connectivity index (χ4n) is 3.78. The number of carbonyl (C=O) groups is 1. The number of aliphatic hydroxyl groups is 1. The predicted octanol–water partition coefficient (Wildman–Crippen LogP) is 1.93. The minimum absolute atomic E-state index is 0.115. The number of hydrogen-bond acceptors (Lipinski definition) is 3. The van der Waals surface area contributed by atoms with Gasteiger partial charge in [0.1, 0.15) is 0 Å². The molecule has 1 aliphatic heterocycles. The summed E-state index contributed by atoms with van der Waals surface area (Å²) in [6.07, 6.45) is 2.58. The molecule has 5 nitrogen and oxygen atoms in total. The van der Waals surface area contributed by atoms with E-state index in [4.69, 9.17) is 0 Å². The molecule has 1 aliphatic carbocycles. The van der Waals surface area contributed by atoms with Gasteiger partial charge in [0.15, 0.2) is 0 Å². The van der Waals surface area contributed by atoms with E-state index in [9.17, 15) is 9.90 Å². The highest BCUT2D eigenvalue weighted by Crippen LogP contribution is 2.43. The maximum Gasteiger partial charge on any atom is 0.315 e. The standard InChI is InChI=1S/C19H29N3O2/c1-13(2)21-19(24)20-10-16-18(15-6-4-3-5-7-15)17(12-23)22(16)11-14-8-9-14/h3-7,13-14,16-18,23H,8-12H2,1-2H3,(H2,20,21,24)/t16-,17+,18+/m1/s1. The first-order chi connectivity index (χ1) is 11.6. The van der Waals surface area contributed by atoms with Crippen LogP contribution in [-0.2, 0) is 0 Å². The lowest BCUT2D eigenvalue weighted by atomic mass is 9.75. The van der Waals surface area contributed by atoms with Crippen LogP contribution in [0.3, 0.4) is 0 Å². The Hall–Kier alpha value is -1.59. The zero-order valence-corrected chi connectivity index (χ0v) is 14.6. The molecule has 3 atom stereocenters. The van der Waals surface area contributed by atoms with Crippen LogP contribution in [0.15, 0.2) is 30.3 Å². The Bertz CT molecular complexity index is 545. The highest BCUT2D eigenvalue weighted by Gasteiger charge is 2.49. The summed E-state index contributed by atoms with van der Waals surface area (Å²) in [6, 6.07) is 10.8. The van der Waals surface area contributed by atoms with Crippen molar-refractivity contribution in [1.29, 1.82) is 0 Å². The van der Waals surface area contributed by atoms with Crippen LogP contribution < -0.4 is 10.6 Å². The summed E-state index contributed by atoms with van der Waals surface area (Å²) in [5.41, 5.74) is 1.25. The molecule has 5 heteroatoms. The largest absolute Gasteiger partial charge is 0.395 e. The van der Waals surface area contributed by atoms with Crippen LogP contribution in [0.25, 0.3) is 0 Å². The van der Waals surface area contributed by atoms with Crippen LogP contribution >= 0.6 is 0 Å². The van der Waals surface area contributed by atoms with Gasteiger partial charge in [-0.1, -0.05) is 30.3 Å². The van der Waals surface area contributed by atoms with E-state index in [-0.39, 0.29) is 36.7 Å². The number of nitrogens with zero attached hydrogens (tertiary/aromatic N) is 1. The number of likely N-dealkylation sites (tertiary alicyclic amines) is 1. The van der Waals surface area contributed by atoms with E-state index >= 15 is 0 Å². The molecule has 2 fully saturated rings. The van der Waals surface area contributed by atoms with Crippen molar-refractivity contribution in [2.75, 3.05) is 19.7 Å². The molecule has 0 spiro atoms. The fourth-order valence-corrected chi connectivity index (χ4v) is 3.78. The molecule has 0 bridgehead atoms. The first-order valence-corrected chi connectivity index (χ1v) is 9.06. The molecule has 1 saturated heterocycles. The van der Waals surface area contributed by atoms with E-state index in [2.05, 4.69) is 27.7 Å². The monoisotopic (exact) mass is 331 g/mol. The second kappa shape index (κ2) is 7.53. The third kappa shape index (κ3) is 3.90. The number of rotatable bonds is 7. The van der Waals surface area contributed by atoms with E-state index in [1.165, 1.54) is 18.4 Å². The summed E-state index contributed by atoms with van der Waals surface area (Å²) in [5.74, 6) is 1.04. The molecule has 0 unspecified atom stereocenters. The number of aliphatic hydroxyl groups excluding tert-OH is 1. The molecule has 1 saturated carbocycles. The zero-order valence-electron chi connectivity index (χ0n) is 14.6. The second-order valence-corrected chi connectivity index (χ2v) is 7.40. The quantitative estimate of drug-likeness (QED) is 0.715. The van der Waals surface area contributed by atoms with Crippen molar-refractivity contribution < 1.29 is 9.90 Å². The molecule has 2 aliphatic rings. The number of urea groups is 1. The van der Waals surface area contributed by atoms with E-state index in [0.29, 0.717) is 6.54 Å². The van der Waals surface area contributed by atoms with Gasteiger partial charge in [-0.2, -0.15) is 0 Å². The number of benzene rings is 1. The maximum absolute atomic E-state index is 11.9. The lowest BCUT2D eigenvalue weighted by molar-refractivity contribution is -0.0441. The van der Waals surface area contributed by atoms with Gasteiger partial charge in [0.2, 0.25) is 0 Å². The fraction of sp³-hybridized carbons (Fsp3) is 0.632. The van der Waals surface area contributed by atoms with Gasteiger partial charge in [0.05, 0.1) is 6.61 Å². The zero-order chi connectivity index (χ0) is 17.1. The van der Waals surface area contributed by atoms with Crippen molar-refractivity contribution in [1.82, 2.24) is 15.5 Å². The Kier molecular flexibility index (Phi) is 5.41. The van der Waals surface area contributed by atoms with Gasteiger partial charge >= 0.3 is 6.03 Å². The van der Waals surface area contributed by atoms with Crippen LogP contribution in [0.2, 0.25) is 0 Å². The second-order valence-electron chi connectivity index (χ2n) is 7.40. The molecular formula is C19H29N3O2. The van der Waals surface area contributed by atoms with Crippen LogP contribution in [0.5, 0.6) is 0 Å². The van der Waals surface area contributed by atoms with Gasteiger partial charge in [-0.05, 0) is 38.2 Å². The van der Waals surface area contributed by atoms with Crippen molar-refractivity contribution in [2.24, 2.45) is 5.92 Å². The van der Waals surface area contributed by atoms with Crippen LogP contribution in [0.4, 0.5) is 4.79 Å². The number of hydrogen-bond donors (Lipinski definition) is 3. The molecule has 1 aromatic carbocycles. The van der Waals surface area contributed by atoms with Crippen LogP contribution in [0.1, 0.15) is 38.2 Å². The molecule has 132 valence electrons. The lowest BCUT2D eigenvalue weighted by Crippen LogP contribution is -2.67. The summed E-state index contributed by atoms with van der Waals surface area (Å²) in [4.78, 5) is 14.3. The third-order valence-electron chi connectivity index (χ3n) is 5.11. The van der Waals surface area contributed by atoms with Crippen molar-refractivity contribution in [2.45, 2.75) is 50.7 Å². The highest BCUT2D eigenvalue weighted by atomic mass is 16.3. The van der Waals surface area contributed by atoms with Crippen molar-refractivity contribution in [3.63, 3.8) is 0 Å². The molecule has 24 heavy (non-hydrogen) atoms. The SMILES string of the molecule is CC(C)NC(=O)NC[C@@H]1[C@H](c2ccccc2)[C@H](CO)N1CC1CC1. The molecule has 1 aromatic rings. The molecule has 2 amide bonds. The van der Waals surface area contributed by atoms with Gasteiger partial charge in [-0.3, -0.25) is 4.90 Å². The van der Waals surface area contributed by atoms with Gasteiger partial charge in [0, 0.05) is 37.1 Å². The first-order valence-electron chi connectivity index (χ1n) is 9.06. The molecule has 3 N–H and O–H groups in total. The van der Waals surface area contributed by atoms with E-state index in [0.717, 1.165) is 12.5 Å². The summed E-state index contributed by atoms with van der Waals surface area (Å²) in [5, 5.41) is 15.8.